The van der Waals surface area contributed by atoms with E-state index in [-0.39, 0.29) is 0 Å². The van der Waals surface area contributed by atoms with Gasteiger partial charge >= 0.3 is 11.9 Å². The number of rotatable bonds is 6. The van der Waals surface area contributed by atoms with Crippen molar-refractivity contribution in [1.82, 2.24) is 0 Å². The molecule has 118 valence electrons. The Morgan fingerprint density at radius 3 is 1.67 bits per heavy atom. The van der Waals surface area contributed by atoms with E-state index >= 15 is 0 Å². The molecule has 0 aromatic heterocycles. The van der Waals surface area contributed by atoms with Gasteiger partial charge in [0.05, 0.1) is 13.2 Å². The zero-order valence-electron chi connectivity index (χ0n) is 12.8. The van der Waals surface area contributed by atoms with Gasteiger partial charge in [0.25, 0.3) is 0 Å². The highest BCUT2D eigenvalue weighted by molar-refractivity contribution is 5.82. The summed E-state index contributed by atoms with van der Waals surface area (Å²) in [6.45, 7) is 7.60. The van der Waals surface area contributed by atoms with Gasteiger partial charge in [-0.25, -0.2) is 9.59 Å². The van der Waals surface area contributed by atoms with Crippen molar-refractivity contribution in [3.63, 3.8) is 0 Å². The van der Waals surface area contributed by atoms with Crippen LogP contribution in [0.4, 0.5) is 0 Å². The van der Waals surface area contributed by atoms with E-state index in [0.29, 0.717) is 13.2 Å². The maximum absolute atomic E-state index is 11.3. The Morgan fingerprint density at radius 2 is 1.33 bits per heavy atom. The topological polar surface area (TPSA) is 71.1 Å². The van der Waals surface area contributed by atoms with Crippen LogP contribution in [-0.4, -0.2) is 43.1 Å². The van der Waals surface area contributed by atoms with E-state index < -0.39 is 29.9 Å². The SMILES string of the molecule is CCOC(=O)/C=C/[C@H]1OC(C)(C)O[C@@H]1/C=C/C(=O)OCC. The third kappa shape index (κ3) is 6.10. The molecule has 1 aliphatic rings. The van der Waals surface area contributed by atoms with Crippen molar-refractivity contribution in [2.45, 2.75) is 45.7 Å². The zero-order chi connectivity index (χ0) is 15.9. The minimum absolute atomic E-state index is 0.308. The Bertz CT molecular complexity index is 386. The number of hydrogen-bond donors (Lipinski definition) is 0. The van der Waals surface area contributed by atoms with Crippen LogP contribution in [-0.2, 0) is 28.5 Å². The molecule has 0 radical (unpaired) electrons. The smallest absolute Gasteiger partial charge is 0.330 e. The van der Waals surface area contributed by atoms with E-state index in [1.54, 1.807) is 39.8 Å². The summed E-state index contributed by atoms with van der Waals surface area (Å²) in [6, 6.07) is 0. The minimum atomic E-state index is -0.798. The molecule has 0 N–H and O–H groups in total. The van der Waals surface area contributed by atoms with Crippen LogP contribution in [0.25, 0.3) is 0 Å². The van der Waals surface area contributed by atoms with Crippen LogP contribution in [0.15, 0.2) is 24.3 Å². The Hall–Kier alpha value is -1.66. The molecule has 0 aliphatic carbocycles. The van der Waals surface area contributed by atoms with Gasteiger partial charge in [-0.3, -0.25) is 0 Å². The normalized spacial score (nSPS) is 24.6. The second kappa shape index (κ2) is 7.95. The van der Waals surface area contributed by atoms with Crippen LogP contribution in [0, 0.1) is 0 Å². The average molecular weight is 298 g/mol. The van der Waals surface area contributed by atoms with E-state index in [0.717, 1.165) is 0 Å². The van der Waals surface area contributed by atoms with Crippen molar-refractivity contribution >= 4 is 11.9 Å². The molecule has 0 unspecified atom stereocenters. The number of carbonyl (C=O) groups is 2. The summed E-state index contributed by atoms with van der Waals surface area (Å²) < 4.78 is 20.9. The van der Waals surface area contributed by atoms with Gasteiger partial charge in [0.2, 0.25) is 0 Å². The Labute approximate surface area is 124 Å². The first-order valence-corrected chi connectivity index (χ1v) is 6.93. The first-order valence-electron chi connectivity index (χ1n) is 6.93. The molecular formula is C15H22O6. The molecule has 2 atom stereocenters. The third-order valence-electron chi connectivity index (χ3n) is 2.58. The van der Waals surface area contributed by atoms with Crippen molar-refractivity contribution < 1.29 is 28.5 Å². The maximum atomic E-state index is 11.3. The van der Waals surface area contributed by atoms with Gasteiger partial charge in [0.1, 0.15) is 12.2 Å². The van der Waals surface area contributed by atoms with Crippen LogP contribution < -0.4 is 0 Å². The summed E-state index contributed by atoms with van der Waals surface area (Å²) in [4.78, 5) is 22.6. The van der Waals surface area contributed by atoms with Crippen molar-refractivity contribution in [3.05, 3.63) is 24.3 Å². The molecule has 21 heavy (non-hydrogen) atoms. The fraction of sp³-hybridized carbons (Fsp3) is 0.600. The van der Waals surface area contributed by atoms with Gasteiger partial charge in [-0.15, -0.1) is 0 Å². The minimum Gasteiger partial charge on any atom is -0.463 e. The fourth-order valence-corrected chi connectivity index (χ4v) is 1.84. The van der Waals surface area contributed by atoms with Gasteiger partial charge in [-0.2, -0.15) is 0 Å². The lowest BCUT2D eigenvalue weighted by Gasteiger charge is -2.15. The molecule has 0 spiro atoms. The van der Waals surface area contributed by atoms with Gasteiger partial charge in [0, 0.05) is 12.2 Å². The lowest BCUT2D eigenvalue weighted by molar-refractivity contribution is -0.141. The average Bonchev–Trinajstić information content (AvgIpc) is 2.69. The van der Waals surface area contributed by atoms with Crippen molar-refractivity contribution in [3.8, 4) is 0 Å². The Kier molecular flexibility index (Phi) is 6.58. The first-order chi connectivity index (χ1) is 9.88. The first kappa shape index (κ1) is 17.4. The molecule has 1 heterocycles. The second-order valence-corrected chi connectivity index (χ2v) is 4.79. The maximum Gasteiger partial charge on any atom is 0.330 e. The molecule has 0 bridgehead atoms. The molecule has 0 aromatic rings. The van der Waals surface area contributed by atoms with E-state index in [2.05, 4.69) is 0 Å². The predicted octanol–water partition coefficient (Wildman–Crippen LogP) is 1.75. The lowest BCUT2D eigenvalue weighted by Crippen LogP contribution is -2.21. The molecule has 0 amide bonds. The zero-order valence-corrected chi connectivity index (χ0v) is 12.8. The van der Waals surface area contributed by atoms with Crippen LogP contribution in [0.1, 0.15) is 27.7 Å². The van der Waals surface area contributed by atoms with Gasteiger partial charge in [0.15, 0.2) is 5.79 Å². The summed E-state index contributed by atoms with van der Waals surface area (Å²) in [7, 11) is 0. The van der Waals surface area contributed by atoms with E-state index in [1.165, 1.54) is 12.2 Å². The largest absolute Gasteiger partial charge is 0.463 e. The molecule has 0 saturated carbocycles. The molecule has 1 rings (SSSR count). The third-order valence-corrected chi connectivity index (χ3v) is 2.58. The lowest BCUT2D eigenvalue weighted by atomic mass is 10.2. The standard InChI is InChI=1S/C15H22O6/c1-5-18-13(16)9-7-11-12(21-15(3,4)20-11)8-10-14(17)19-6-2/h7-12H,5-6H2,1-4H3/b9-7+,10-8+/t11-,12-/m1/s1. The fourth-order valence-electron chi connectivity index (χ4n) is 1.84. The van der Waals surface area contributed by atoms with Crippen LogP contribution in [0.2, 0.25) is 0 Å². The molecule has 1 fully saturated rings. The van der Waals surface area contributed by atoms with Gasteiger partial charge < -0.3 is 18.9 Å². The molecule has 0 aromatic carbocycles. The molecule has 6 nitrogen and oxygen atoms in total. The van der Waals surface area contributed by atoms with Crippen molar-refractivity contribution in [2.75, 3.05) is 13.2 Å². The summed E-state index contributed by atoms with van der Waals surface area (Å²) >= 11 is 0. The number of carbonyl (C=O) groups excluding carboxylic acids is 2. The highest BCUT2D eigenvalue weighted by atomic mass is 16.7. The summed E-state index contributed by atoms with van der Waals surface area (Å²) in [5, 5.41) is 0. The van der Waals surface area contributed by atoms with Crippen molar-refractivity contribution in [2.24, 2.45) is 0 Å². The molecular weight excluding hydrogens is 276 g/mol. The highest BCUT2D eigenvalue weighted by Gasteiger charge is 2.38. The number of ether oxygens (including phenoxy) is 4. The number of esters is 2. The van der Waals surface area contributed by atoms with E-state index in [9.17, 15) is 9.59 Å². The number of hydrogen-bond acceptors (Lipinski definition) is 6. The Morgan fingerprint density at radius 1 is 0.952 bits per heavy atom. The quantitative estimate of drug-likeness (QED) is 0.549. The second-order valence-electron chi connectivity index (χ2n) is 4.79. The van der Waals surface area contributed by atoms with E-state index in [4.69, 9.17) is 18.9 Å². The van der Waals surface area contributed by atoms with Crippen LogP contribution in [0.5, 0.6) is 0 Å². The highest BCUT2D eigenvalue weighted by Crippen LogP contribution is 2.29. The Balaban J connectivity index is 2.70. The monoisotopic (exact) mass is 298 g/mol. The molecule has 1 aliphatic heterocycles. The van der Waals surface area contributed by atoms with E-state index in [1.807, 2.05) is 0 Å². The molecule has 1 saturated heterocycles. The summed E-state index contributed by atoms with van der Waals surface area (Å²) in [5.74, 6) is -1.69. The van der Waals surface area contributed by atoms with Crippen LogP contribution in [0.3, 0.4) is 0 Å². The predicted molar refractivity (Wildman–Crippen MR) is 75.4 cm³/mol. The van der Waals surface area contributed by atoms with Crippen molar-refractivity contribution in [1.29, 1.82) is 0 Å². The van der Waals surface area contributed by atoms with Gasteiger partial charge in [-0.1, -0.05) is 0 Å². The molecule has 6 heteroatoms. The van der Waals surface area contributed by atoms with Crippen LogP contribution >= 0.6 is 0 Å². The van der Waals surface area contributed by atoms with Gasteiger partial charge in [-0.05, 0) is 39.8 Å². The summed E-state index contributed by atoms with van der Waals surface area (Å²) in [5.41, 5.74) is 0. The summed E-state index contributed by atoms with van der Waals surface area (Å²) in [6.07, 6.45) is 4.76.